The minimum absolute atomic E-state index is 0.0395. The smallest absolute Gasteiger partial charge is 0.374 e. The van der Waals surface area contributed by atoms with Gasteiger partial charge in [-0.3, -0.25) is 4.79 Å². The van der Waals surface area contributed by atoms with E-state index in [9.17, 15) is 9.59 Å². The average Bonchev–Trinajstić information content (AvgIpc) is 2.89. The Balaban J connectivity index is 1.95. The molecule has 0 radical (unpaired) electrons. The number of carbonyl (C=O) groups is 2. The van der Waals surface area contributed by atoms with Crippen molar-refractivity contribution in [2.24, 2.45) is 0 Å². The summed E-state index contributed by atoms with van der Waals surface area (Å²) in [5, 5.41) is 14.9. The highest BCUT2D eigenvalue weighted by Gasteiger charge is 2.18. The minimum Gasteiger partial charge on any atom is -0.475 e. The Kier molecular flexibility index (Phi) is 4.14. The second-order valence-corrected chi connectivity index (χ2v) is 4.45. The van der Waals surface area contributed by atoms with Gasteiger partial charge in [0.25, 0.3) is 5.91 Å². The van der Waals surface area contributed by atoms with Gasteiger partial charge in [-0.05, 0) is 18.9 Å². The van der Waals surface area contributed by atoms with Crippen molar-refractivity contribution in [2.75, 3.05) is 0 Å². The summed E-state index contributed by atoms with van der Waals surface area (Å²) in [6.07, 6.45) is 0.677. The molecular formula is C14H14N2O4. The van der Waals surface area contributed by atoms with Crippen LogP contribution >= 0.6 is 0 Å². The van der Waals surface area contributed by atoms with E-state index < -0.39 is 11.9 Å². The zero-order chi connectivity index (χ0) is 14.5. The minimum atomic E-state index is -1.26. The summed E-state index contributed by atoms with van der Waals surface area (Å²) >= 11 is 0. The predicted octanol–water partition coefficient (Wildman–Crippen LogP) is 1.73. The summed E-state index contributed by atoms with van der Waals surface area (Å²) < 4.78 is 4.54. The third-order valence-corrected chi connectivity index (χ3v) is 2.72. The summed E-state index contributed by atoms with van der Waals surface area (Å²) in [6, 6.07) is 10.7. The maximum Gasteiger partial charge on any atom is 0.374 e. The Morgan fingerprint density at radius 1 is 1.35 bits per heavy atom. The molecule has 0 saturated heterocycles. The van der Waals surface area contributed by atoms with Crippen molar-refractivity contribution in [3.05, 3.63) is 53.4 Å². The van der Waals surface area contributed by atoms with Crippen LogP contribution in [0.3, 0.4) is 0 Å². The molecule has 20 heavy (non-hydrogen) atoms. The van der Waals surface area contributed by atoms with E-state index in [1.807, 2.05) is 37.3 Å². The van der Waals surface area contributed by atoms with Gasteiger partial charge >= 0.3 is 5.97 Å². The van der Waals surface area contributed by atoms with Crippen molar-refractivity contribution in [3.8, 4) is 0 Å². The van der Waals surface area contributed by atoms with E-state index in [0.717, 1.165) is 11.6 Å². The first-order valence-electron chi connectivity index (χ1n) is 6.11. The lowest BCUT2D eigenvalue weighted by molar-refractivity contribution is 0.0651. The van der Waals surface area contributed by atoms with Gasteiger partial charge in [0.1, 0.15) is 0 Å². The van der Waals surface area contributed by atoms with Gasteiger partial charge < -0.3 is 14.9 Å². The van der Waals surface area contributed by atoms with Gasteiger partial charge in [0.15, 0.2) is 5.69 Å². The van der Waals surface area contributed by atoms with Crippen molar-refractivity contribution < 1.29 is 19.2 Å². The number of hydrogen-bond donors (Lipinski definition) is 2. The molecule has 0 aliphatic carbocycles. The monoisotopic (exact) mass is 274 g/mol. The van der Waals surface area contributed by atoms with E-state index in [2.05, 4.69) is 15.0 Å². The maximum absolute atomic E-state index is 11.9. The summed E-state index contributed by atoms with van der Waals surface area (Å²) in [5.74, 6) is -2.07. The molecule has 2 rings (SSSR count). The van der Waals surface area contributed by atoms with Crippen molar-refractivity contribution in [1.29, 1.82) is 0 Å². The largest absolute Gasteiger partial charge is 0.475 e. The second-order valence-electron chi connectivity index (χ2n) is 4.45. The van der Waals surface area contributed by atoms with Crippen LogP contribution < -0.4 is 5.32 Å². The number of aromatic nitrogens is 1. The van der Waals surface area contributed by atoms with Crippen LogP contribution in [0.1, 0.15) is 33.5 Å². The Morgan fingerprint density at radius 2 is 2.05 bits per heavy atom. The standard InChI is InChI=1S/C14H14N2O4/c1-9(7-10-5-3-2-4-6-10)15-13(17)11-8-12(14(18)19)20-16-11/h2-6,8-9H,7H2,1H3,(H,15,17)(H,18,19). The first-order chi connectivity index (χ1) is 9.56. The van der Waals surface area contributed by atoms with Crippen LogP contribution in [-0.4, -0.2) is 28.2 Å². The lowest BCUT2D eigenvalue weighted by Crippen LogP contribution is -2.34. The van der Waals surface area contributed by atoms with Gasteiger partial charge in [0.05, 0.1) is 0 Å². The zero-order valence-corrected chi connectivity index (χ0v) is 10.9. The van der Waals surface area contributed by atoms with E-state index in [-0.39, 0.29) is 17.5 Å². The van der Waals surface area contributed by atoms with E-state index in [1.165, 1.54) is 0 Å². The number of benzene rings is 1. The molecule has 6 nitrogen and oxygen atoms in total. The van der Waals surface area contributed by atoms with E-state index in [4.69, 9.17) is 5.11 Å². The Labute approximate surface area is 115 Å². The third kappa shape index (κ3) is 3.44. The molecular weight excluding hydrogens is 260 g/mol. The molecule has 6 heteroatoms. The molecule has 2 aromatic rings. The third-order valence-electron chi connectivity index (χ3n) is 2.72. The maximum atomic E-state index is 11.9. The highest BCUT2D eigenvalue weighted by Crippen LogP contribution is 2.06. The lowest BCUT2D eigenvalue weighted by Gasteiger charge is -2.12. The molecule has 0 spiro atoms. The van der Waals surface area contributed by atoms with Gasteiger partial charge in [0, 0.05) is 12.1 Å². The molecule has 0 bridgehead atoms. The molecule has 2 N–H and O–H groups in total. The van der Waals surface area contributed by atoms with Crippen LogP contribution in [0.15, 0.2) is 40.9 Å². The molecule has 1 unspecified atom stereocenters. The Morgan fingerprint density at radius 3 is 2.65 bits per heavy atom. The zero-order valence-electron chi connectivity index (χ0n) is 10.9. The quantitative estimate of drug-likeness (QED) is 0.866. The summed E-state index contributed by atoms with van der Waals surface area (Å²) in [5.41, 5.74) is 1.06. The van der Waals surface area contributed by atoms with Gasteiger partial charge in [-0.1, -0.05) is 35.5 Å². The van der Waals surface area contributed by atoms with Gasteiger partial charge in [-0.2, -0.15) is 0 Å². The van der Waals surface area contributed by atoms with Gasteiger partial charge in [0.2, 0.25) is 5.76 Å². The van der Waals surface area contributed by atoms with Gasteiger partial charge in [-0.15, -0.1) is 0 Å². The Hall–Kier alpha value is -2.63. The predicted molar refractivity (Wildman–Crippen MR) is 70.5 cm³/mol. The molecule has 104 valence electrons. The fourth-order valence-electron chi connectivity index (χ4n) is 1.80. The van der Waals surface area contributed by atoms with Gasteiger partial charge in [-0.25, -0.2) is 4.79 Å². The molecule has 0 aliphatic rings. The number of carboxylic acid groups (broad SMARTS) is 1. The van der Waals surface area contributed by atoms with Crippen molar-refractivity contribution >= 4 is 11.9 Å². The van der Waals surface area contributed by atoms with Crippen molar-refractivity contribution in [3.63, 3.8) is 0 Å². The SMILES string of the molecule is CC(Cc1ccccc1)NC(=O)c1cc(C(=O)O)on1. The number of nitrogens with zero attached hydrogens (tertiary/aromatic N) is 1. The highest BCUT2D eigenvalue weighted by atomic mass is 16.5. The number of rotatable bonds is 5. The van der Waals surface area contributed by atoms with Crippen molar-refractivity contribution in [2.45, 2.75) is 19.4 Å². The first kappa shape index (κ1) is 13.8. The number of aromatic carboxylic acids is 1. The molecule has 1 amide bonds. The summed E-state index contributed by atoms with van der Waals surface area (Å²) in [4.78, 5) is 22.5. The second kappa shape index (κ2) is 6.01. The number of hydrogen-bond acceptors (Lipinski definition) is 4. The highest BCUT2D eigenvalue weighted by molar-refractivity contribution is 5.94. The lowest BCUT2D eigenvalue weighted by atomic mass is 10.1. The number of carboxylic acids is 1. The van der Waals surface area contributed by atoms with Crippen LogP contribution in [0, 0.1) is 0 Å². The summed E-state index contributed by atoms with van der Waals surface area (Å²) in [7, 11) is 0. The number of nitrogens with one attached hydrogen (secondary N) is 1. The van der Waals surface area contributed by atoms with E-state index in [1.54, 1.807) is 0 Å². The molecule has 0 fully saturated rings. The van der Waals surface area contributed by atoms with Crippen molar-refractivity contribution in [1.82, 2.24) is 10.5 Å². The summed E-state index contributed by atoms with van der Waals surface area (Å²) in [6.45, 7) is 1.86. The first-order valence-corrected chi connectivity index (χ1v) is 6.11. The van der Waals surface area contributed by atoms with Crippen LogP contribution in [0.5, 0.6) is 0 Å². The Bertz CT molecular complexity index is 607. The van der Waals surface area contributed by atoms with Crippen LogP contribution in [0.2, 0.25) is 0 Å². The fourth-order valence-corrected chi connectivity index (χ4v) is 1.80. The molecule has 1 heterocycles. The normalized spacial score (nSPS) is 11.8. The number of amides is 1. The molecule has 0 aliphatic heterocycles. The van der Waals surface area contributed by atoms with E-state index >= 15 is 0 Å². The molecule has 1 aromatic heterocycles. The average molecular weight is 274 g/mol. The molecule has 0 saturated carbocycles. The van der Waals surface area contributed by atoms with Crippen LogP contribution in [-0.2, 0) is 6.42 Å². The molecule has 1 atom stereocenters. The topological polar surface area (TPSA) is 92.4 Å². The fraction of sp³-hybridized carbons (Fsp3) is 0.214. The van der Waals surface area contributed by atoms with Crippen LogP contribution in [0.4, 0.5) is 0 Å². The van der Waals surface area contributed by atoms with E-state index in [0.29, 0.717) is 6.42 Å². The molecule has 1 aromatic carbocycles. The van der Waals surface area contributed by atoms with Crippen LogP contribution in [0.25, 0.3) is 0 Å². The number of carbonyl (C=O) groups excluding carboxylic acids is 1.